The lowest BCUT2D eigenvalue weighted by molar-refractivity contribution is -0.139. The average molecular weight is 524 g/mol. The highest BCUT2D eigenvalue weighted by atomic mass is 31.2. The maximum atomic E-state index is 11.9. The summed E-state index contributed by atoms with van der Waals surface area (Å²) in [4.78, 5) is 64.5. The van der Waals surface area contributed by atoms with Crippen LogP contribution in [0.3, 0.4) is 0 Å². The molecule has 0 rings (SSSR count). The SMILES string of the molecule is C=C(C)C(=O)OCCNC(=O)OCC(CC)(COC(=O)NCCOC(=O)C(=C)C)COP(=O)(O)O. The highest BCUT2D eigenvalue weighted by Gasteiger charge is 2.35. The summed E-state index contributed by atoms with van der Waals surface area (Å²) >= 11 is 0. The van der Waals surface area contributed by atoms with Gasteiger partial charge in [0.05, 0.1) is 25.1 Å². The molecule has 0 aromatic rings. The zero-order valence-corrected chi connectivity index (χ0v) is 20.9. The molecule has 0 atom stereocenters. The molecule has 35 heavy (non-hydrogen) atoms. The monoisotopic (exact) mass is 524 g/mol. The first-order valence-electron chi connectivity index (χ1n) is 10.4. The topological polar surface area (TPSA) is 196 Å². The Bertz CT molecular complexity index is 773. The van der Waals surface area contributed by atoms with Crippen LogP contribution in [0, 0.1) is 5.41 Å². The van der Waals surface area contributed by atoms with Gasteiger partial charge in [-0.2, -0.15) is 0 Å². The van der Waals surface area contributed by atoms with Crippen LogP contribution in [0.4, 0.5) is 9.59 Å². The van der Waals surface area contributed by atoms with Crippen molar-refractivity contribution in [3.8, 4) is 0 Å². The number of ether oxygens (including phenoxy) is 4. The Morgan fingerprint density at radius 3 is 1.51 bits per heavy atom. The van der Waals surface area contributed by atoms with E-state index >= 15 is 0 Å². The van der Waals surface area contributed by atoms with Gasteiger partial charge in [0, 0.05) is 11.1 Å². The van der Waals surface area contributed by atoms with E-state index < -0.39 is 57.2 Å². The van der Waals surface area contributed by atoms with Crippen molar-refractivity contribution in [3.63, 3.8) is 0 Å². The first-order valence-corrected chi connectivity index (χ1v) is 11.9. The minimum atomic E-state index is -4.87. The molecule has 0 saturated heterocycles. The van der Waals surface area contributed by atoms with E-state index in [0.717, 1.165) is 0 Å². The van der Waals surface area contributed by atoms with Crippen LogP contribution >= 0.6 is 7.82 Å². The van der Waals surface area contributed by atoms with Gasteiger partial charge in [-0.15, -0.1) is 0 Å². The largest absolute Gasteiger partial charge is 0.469 e. The second-order valence-corrected chi connectivity index (χ2v) is 8.70. The van der Waals surface area contributed by atoms with Crippen LogP contribution in [0.15, 0.2) is 24.3 Å². The van der Waals surface area contributed by atoms with Crippen LogP contribution in [-0.2, 0) is 37.6 Å². The molecule has 15 heteroatoms. The van der Waals surface area contributed by atoms with Crippen molar-refractivity contribution in [3.05, 3.63) is 24.3 Å². The van der Waals surface area contributed by atoms with E-state index in [4.69, 9.17) is 28.7 Å². The number of hydrogen-bond donors (Lipinski definition) is 4. The molecule has 0 aliphatic heterocycles. The molecule has 4 N–H and O–H groups in total. The predicted octanol–water partition coefficient (Wildman–Crippen LogP) is 1.18. The zero-order chi connectivity index (χ0) is 27.1. The van der Waals surface area contributed by atoms with Crippen LogP contribution in [0.1, 0.15) is 27.2 Å². The smallest absolute Gasteiger partial charge is 0.460 e. The number of esters is 2. The molecule has 2 amide bonds. The van der Waals surface area contributed by atoms with E-state index in [2.05, 4.69) is 28.3 Å². The van der Waals surface area contributed by atoms with Gasteiger partial charge in [-0.3, -0.25) is 4.52 Å². The number of phosphoric ester groups is 1. The molecule has 0 fully saturated rings. The van der Waals surface area contributed by atoms with Gasteiger partial charge in [-0.25, -0.2) is 23.7 Å². The molecule has 0 unspecified atom stereocenters. The van der Waals surface area contributed by atoms with Crippen molar-refractivity contribution in [2.45, 2.75) is 27.2 Å². The Morgan fingerprint density at radius 2 is 1.20 bits per heavy atom. The van der Waals surface area contributed by atoms with Crippen molar-refractivity contribution < 1.29 is 57.0 Å². The van der Waals surface area contributed by atoms with Crippen LogP contribution < -0.4 is 10.6 Å². The van der Waals surface area contributed by atoms with E-state index in [0.29, 0.717) is 0 Å². The molecule has 0 aliphatic carbocycles. The van der Waals surface area contributed by atoms with Gasteiger partial charge in [-0.1, -0.05) is 20.1 Å². The number of carbonyl (C=O) groups is 4. The highest BCUT2D eigenvalue weighted by molar-refractivity contribution is 7.46. The fourth-order valence-corrected chi connectivity index (χ4v) is 2.47. The van der Waals surface area contributed by atoms with Gasteiger partial charge in [0.2, 0.25) is 0 Å². The normalized spacial score (nSPS) is 11.1. The Kier molecular flexibility index (Phi) is 14.5. The summed E-state index contributed by atoms with van der Waals surface area (Å²) in [6, 6.07) is 0. The number of hydrogen-bond acceptors (Lipinski definition) is 10. The maximum Gasteiger partial charge on any atom is 0.469 e. The zero-order valence-electron chi connectivity index (χ0n) is 20.0. The molecule has 0 radical (unpaired) electrons. The Morgan fingerprint density at radius 1 is 0.800 bits per heavy atom. The van der Waals surface area contributed by atoms with E-state index in [-0.39, 0.29) is 43.9 Å². The number of alkyl carbamates (subject to hydrolysis) is 2. The second kappa shape index (κ2) is 15.9. The van der Waals surface area contributed by atoms with Crippen molar-refractivity contribution >= 4 is 31.9 Å². The molecule has 0 heterocycles. The molecular weight excluding hydrogens is 491 g/mol. The number of amides is 2. The molecule has 0 aromatic heterocycles. The van der Waals surface area contributed by atoms with Crippen LogP contribution in [0.25, 0.3) is 0 Å². The Hall–Kier alpha value is -2.93. The molecule has 0 spiro atoms. The molecule has 0 aliphatic rings. The summed E-state index contributed by atoms with van der Waals surface area (Å²) < 4.78 is 35.5. The van der Waals surface area contributed by atoms with Crippen molar-refractivity contribution in [1.82, 2.24) is 10.6 Å². The van der Waals surface area contributed by atoms with Gasteiger partial charge in [0.1, 0.15) is 26.4 Å². The lowest BCUT2D eigenvalue weighted by atomic mass is 9.88. The first-order chi connectivity index (χ1) is 16.2. The standard InChI is InChI=1S/C20H33N2O12P/c1-6-20(13-34-35(27,28)29,11-32-18(25)21-7-9-30-16(23)14(2)3)12-33-19(26)22-8-10-31-17(24)15(4)5/h2,4,6-13H2,1,3,5H3,(H,21,25)(H,22,26)(H2,27,28,29). The lowest BCUT2D eigenvalue weighted by Crippen LogP contribution is -2.41. The van der Waals surface area contributed by atoms with Gasteiger partial charge < -0.3 is 39.4 Å². The van der Waals surface area contributed by atoms with Crippen LogP contribution in [0.2, 0.25) is 0 Å². The summed E-state index contributed by atoms with van der Waals surface area (Å²) in [6.07, 6.45) is -1.68. The highest BCUT2D eigenvalue weighted by Crippen LogP contribution is 2.39. The summed E-state index contributed by atoms with van der Waals surface area (Å²) in [7, 11) is -4.87. The third-order valence-electron chi connectivity index (χ3n) is 4.21. The number of rotatable bonds is 16. The fraction of sp³-hybridized carbons (Fsp3) is 0.600. The summed E-state index contributed by atoms with van der Waals surface area (Å²) in [5.74, 6) is -1.24. The number of carbonyl (C=O) groups excluding carboxylic acids is 4. The minimum Gasteiger partial charge on any atom is -0.460 e. The molecule has 200 valence electrons. The third kappa shape index (κ3) is 15.6. The number of nitrogens with one attached hydrogen (secondary N) is 2. The molecule has 0 saturated carbocycles. The van der Waals surface area contributed by atoms with Gasteiger partial charge in [0.25, 0.3) is 0 Å². The lowest BCUT2D eigenvalue weighted by Gasteiger charge is -2.31. The molecule has 0 bridgehead atoms. The van der Waals surface area contributed by atoms with Gasteiger partial charge in [-0.05, 0) is 20.3 Å². The van der Waals surface area contributed by atoms with Gasteiger partial charge in [0.15, 0.2) is 0 Å². The summed E-state index contributed by atoms with van der Waals surface area (Å²) in [5, 5.41) is 4.66. The Balaban J connectivity index is 4.78. The first kappa shape index (κ1) is 32.1. The van der Waals surface area contributed by atoms with Crippen LogP contribution in [-0.4, -0.2) is 80.0 Å². The van der Waals surface area contributed by atoms with Crippen molar-refractivity contribution in [2.24, 2.45) is 5.41 Å². The van der Waals surface area contributed by atoms with E-state index in [1.165, 1.54) is 13.8 Å². The van der Waals surface area contributed by atoms with Crippen molar-refractivity contribution in [1.29, 1.82) is 0 Å². The van der Waals surface area contributed by atoms with Crippen LogP contribution in [0.5, 0.6) is 0 Å². The number of phosphoric acid groups is 1. The minimum absolute atomic E-state index is 0.0647. The summed E-state index contributed by atoms with van der Waals surface area (Å²) in [6.45, 7) is 9.53. The van der Waals surface area contributed by atoms with Gasteiger partial charge >= 0.3 is 31.9 Å². The fourth-order valence-electron chi connectivity index (χ4n) is 2.03. The average Bonchev–Trinajstić information content (AvgIpc) is 2.78. The quantitative estimate of drug-likeness (QED) is 0.0741. The third-order valence-corrected chi connectivity index (χ3v) is 4.68. The second-order valence-electron chi connectivity index (χ2n) is 7.46. The maximum absolute atomic E-state index is 11.9. The summed E-state index contributed by atoms with van der Waals surface area (Å²) in [5.41, 5.74) is -0.904. The van der Waals surface area contributed by atoms with E-state index in [9.17, 15) is 23.7 Å². The van der Waals surface area contributed by atoms with E-state index in [1.807, 2.05) is 0 Å². The van der Waals surface area contributed by atoms with Crippen molar-refractivity contribution in [2.75, 3.05) is 46.1 Å². The molecule has 0 aromatic carbocycles. The Labute approximate surface area is 203 Å². The van der Waals surface area contributed by atoms with E-state index in [1.54, 1.807) is 6.92 Å². The molecular formula is C20H33N2O12P. The predicted molar refractivity (Wildman–Crippen MR) is 121 cm³/mol. The molecule has 14 nitrogen and oxygen atoms in total.